The number of hydrogen-bond donors (Lipinski definition) is 2. The second-order valence-corrected chi connectivity index (χ2v) is 8.27. The van der Waals surface area contributed by atoms with Gasteiger partial charge in [0.05, 0.1) is 28.7 Å². The number of fused-ring (bicyclic) bond motifs is 2. The number of H-pyrrole nitrogens is 2. The summed E-state index contributed by atoms with van der Waals surface area (Å²) in [5.74, 6) is 0.209. The summed E-state index contributed by atoms with van der Waals surface area (Å²) in [5.41, 5.74) is 1.61. The number of imidazole rings is 1. The smallest absolute Gasteiger partial charge is 0.416 e. The molecule has 0 atom stereocenters. The fraction of sp³-hybridized carbons (Fsp3) is 0.167. The Morgan fingerprint density at radius 2 is 1.89 bits per heavy atom. The predicted molar refractivity (Wildman–Crippen MR) is 122 cm³/mol. The van der Waals surface area contributed by atoms with Gasteiger partial charge in [-0.05, 0) is 41.5 Å². The maximum Gasteiger partial charge on any atom is 0.416 e. The van der Waals surface area contributed by atoms with Gasteiger partial charge in [-0.25, -0.2) is 14.4 Å². The maximum atomic E-state index is 15.0. The van der Waals surface area contributed by atoms with Crippen LogP contribution >= 0.6 is 11.6 Å². The number of hydrogen-bond acceptors (Lipinski definition) is 4. The van der Waals surface area contributed by atoms with E-state index in [2.05, 4.69) is 19.9 Å². The lowest BCUT2D eigenvalue weighted by atomic mass is 10.0. The fourth-order valence-electron chi connectivity index (χ4n) is 3.82. The van der Waals surface area contributed by atoms with Crippen molar-refractivity contribution in [3.8, 4) is 11.5 Å². The minimum Gasteiger partial charge on any atom is -0.493 e. The first-order valence-electron chi connectivity index (χ1n) is 10.4. The highest BCUT2D eigenvalue weighted by Gasteiger charge is 2.30. The molecule has 0 unspecified atom stereocenters. The lowest BCUT2D eigenvalue weighted by Crippen LogP contribution is -2.04. The summed E-state index contributed by atoms with van der Waals surface area (Å²) in [6.07, 6.45) is -0.936. The molecule has 5 aromatic rings. The first kappa shape index (κ1) is 23.0. The van der Waals surface area contributed by atoms with Gasteiger partial charge in [-0.2, -0.15) is 13.2 Å². The van der Waals surface area contributed by atoms with Gasteiger partial charge in [-0.15, -0.1) is 0 Å². The molecule has 35 heavy (non-hydrogen) atoms. The molecule has 0 radical (unpaired) electrons. The molecule has 3 heterocycles. The van der Waals surface area contributed by atoms with E-state index >= 15 is 0 Å². The van der Waals surface area contributed by atoms with Gasteiger partial charge in [0.15, 0.2) is 11.5 Å². The maximum absolute atomic E-state index is 15.0. The van der Waals surface area contributed by atoms with Crippen molar-refractivity contribution < 1.29 is 27.0 Å². The van der Waals surface area contributed by atoms with Crippen LogP contribution in [0.25, 0.3) is 22.1 Å². The second kappa shape index (κ2) is 8.77. The molecule has 11 heteroatoms. The zero-order valence-corrected chi connectivity index (χ0v) is 18.9. The molecule has 0 aliphatic rings. The molecule has 0 aliphatic carbocycles. The summed E-state index contributed by atoms with van der Waals surface area (Å²) in [7, 11) is 1.43. The first-order valence-corrected chi connectivity index (χ1v) is 10.8. The quantitative estimate of drug-likeness (QED) is 0.261. The number of aromatic amines is 2. The van der Waals surface area contributed by atoms with Crippen LogP contribution in [0.3, 0.4) is 0 Å². The number of nitrogens with one attached hydrogen (secondary N) is 2. The highest BCUT2D eigenvalue weighted by Crippen LogP contribution is 2.34. The van der Waals surface area contributed by atoms with Gasteiger partial charge >= 0.3 is 6.18 Å². The van der Waals surface area contributed by atoms with Gasteiger partial charge in [0.2, 0.25) is 0 Å². The van der Waals surface area contributed by atoms with E-state index in [0.29, 0.717) is 27.5 Å². The Kier molecular flexibility index (Phi) is 5.76. The van der Waals surface area contributed by atoms with Crippen LogP contribution in [0.4, 0.5) is 17.6 Å². The van der Waals surface area contributed by atoms with Crippen molar-refractivity contribution in [2.75, 3.05) is 7.11 Å². The number of benzene rings is 2. The van der Waals surface area contributed by atoms with Gasteiger partial charge in [-0.1, -0.05) is 11.6 Å². The minimum absolute atomic E-state index is 0.127. The van der Waals surface area contributed by atoms with Crippen LogP contribution in [-0.4, -0.2) is 27.0 Å². The average molecular weight is 505 g/mol. The predicted octanol–water partition coefficient (Wildman–Crippen LogP) is 6.43. The van der Waals surface area contributed by atoms with Gasteiger partial charge < -0.3 is 19.4 Å². The van der Waals surface area contributed by atoms with Crippen LogP contribution in [0.1, 0.15) is 22.5 Å². The molecule has 0 bridgehead atoms. The first-order chi connectivity index (χ1) is 16.7. The highest BCUT2D eigenvalue weighted by atomic mass is 35.5. The summed E-state index contributed by atoms with van der Waals surface area (Å²) in [6.45, 7) is -0.127. The Hall–Kier alpha value is -3.79. The third-order valence-electron chi connectivity index (χ3n) is 5.52. The molecule has 0 aliphatic heterocycles. The molecule has 5 rings (SSSR count). The number of pyridine rings is 1. The molecule has 6 nitrogen and oxygen atoms in total. The molecule has 2 aromatic carbocycles. The lowest BCUT2D eigenvalue weighted by molar-refractivity contribution is -0.137. The summed E-state index contributed by atoms with van der Waals surface area (Å²) < 4.78 is 64.8. The van der Waals surface area contributed by atoms with E-state index in [1.165, 1.54) is 31.5 Å². The van der Waals surface area contributed by atoms with E-state index in [1.807, 2.05) is 0 Å². The zero-order chi connectivity index (χ0) is 24.7. The number of ether oxygens (including phenoxy) is 2. The van der Waals surface area contributed by atoms with Gasteiger partial charge in [0.25, 0.3) is 0 Å². The van der Waals surface area contributed by atoms with E-state index in [1.54, 1.807) is 12.3 Å². The number of alkyl halides is 3. The van der Waals surface area contributed by atoms with E-state index < -0.39 is 17.6 Å². The second-order valence-electron chi connectivity index (χ2n) is 7.84. The van der Waals surface area contributed by atoms with Crippen molar-refractivity contribution in [3.05, 3.63) is 82.1 Å². The third kappa shape index (κ3) is 4.61. The summed E-state index contributed by atoms with van der Waals surface area (Å²) in [6, 6.07) is 7.73. The molecule has 180 valence electrons. The van der Waals surface area contributed by atoms with Crippen LogP contribution in [-0.2, 0) is 19.2 Å². The molecule has 0 saturated heterocycles. The molecule has 0 fully saturated rings. The van der Waals surface area contributed by atoms with Crippen LogP contribution in [0, 0.1) is 5.82 Å². The molecule has 0 amide bonds. The standard InChI is InChI=1S/C24H17ClF4N4O2/c1-34-20-5-12(4-13-9-30-23-16(13)7-15(25)10-31-23)17(26)8-21(20)35-11-22-32-18-3-2-14(24(27,28)29)6-19(18)33-22/h2-3,5-10H,4,11H2,1H3,(H,30,31)(H,32,33). The molecular weight excluding hydrogens is 488 g/mol. The molecule has 0 spiro atoms. The average Bonchev–Trinajstić information content (AvgIpc) is 3.41. The Balaban J connectivity index is 1.37. The van der Waals surface area contributed by atoms with Crippen molar-refractivity contribution >= 4 is 33.7 Å². The summed E-state index contributed by atoms with van der Waals surface area (Å²) in [5, 5.41) is 1.26. The van der Waals surface area contributed by atoms with Gasteiger partial charge in [0.1, 0.15) is 23.9 Å². The third-order valence-corrected chi connectivity index (χ3v) is 5.73. The largest absolute Gasteiger partial charge is 0.493 e. The number of nitrogens with zero attached hydrogens (tertiary/aromatic N) is 2. The van der Waals surface area contributed by atoms with Crippen molar-refractivity contribution in [1.29, 1.82) is 0 Å². The van der Waals surface area contributed by atoms with Crippen molar-refractivity contribution in [2.24, 2.45) is 0 Å². The normalized spacial score (nSPS) is 11.9. The Morgan fingerprint density at radius 1 is 1.06 bits per heavy atom. The number of methoxy groups -OCH3 is 1. The Morgan fingerprint density at radius 3 is 2.66 bits per heavy atom. The number of halogens is 5. The molecular formula is C24H17ClF4N4O2. The summed E-state index contributed by atoms with van der Waals surface area (Å²) in [4.78, 5) is 14.3. The monoisotopic (exact) mass is 504 g/mol. The Bertz CT molecular complexity index is 1540. The topological polar surface area (TPSA) is 75.8 Å². The van der Waals surface area contributed by atoms with Crippen molar-refractivity contribution in [3.63, 3.8) is 0 Å². The number of aromatic nitrogens is 4. The zero-order valence-electron chi connectivity index (χ0n) is 18.1. The molecule has 3 aromatic heterocycles. The SMILES string of the molecule is COc1cc(Cc2c[nH]c3ncc(Cl)cc23)c(F)cc1OCc1nc2cc(C(F)(F)F)ccc2[nH]1. The van der Waals surface area contributed by atoms with Crippen LogP contribution < -0.4 is 9.47 Å². The van der Waals surface area contributed by atoms with Crippen LogP contribution in [0.5, 0.6) is 11.5 Å². The summed E-state index contributed by atoms with van der Waals surface area (Å²) >= 11 is 6.04. The van der Waals surface area contributed by atoms with Crippen molar-refractivity contribution in [2.45, 2.75) is 19.2 Å². The fourth-order valence-corrected chi connectivity index (χ4v) is 3.98. The van der Waals surface area contributed by atoms with E-state index in [4.69, 9.17) is 21.1 Å². The molecule has 0 saturated carbocycles. The van der Waals surface area contributed by atoms with E-state index in [-0.39, 0.29) is 30.1 Å². The van der Waals surface area contributed by atoms with E-state index in [0.717, 1.165) is 23.1 Å². The Labute approximate surface area is 200 Å². The minimum atomic E-state index is -4.47. The van der Waals surface area contributed by atoms with Gasteiger partial charge in [0, 0.05) is 30.3 Å². The molecule has 2 N–H and O–H groups in total. The number of rotatable bonds is 6. The lowest BCUT2D eigenvalue weighted by Gasteiger charge is -2.12. The van der Waals surface area contributed by atoms with Crippen LogP contribution in [0.15, 0.2) is 48.8 Å². The van der Waals surface area contributed by atoms with E-state index in [9.17, 15) is 17.6 Å². The van der Waals surface area contributed by atoms with Crippen molar-refractivity contribution in [1.82, 2.24) is 19.9 Å². The van der Waals surface area contributed by atoms with Crippen LogP contribution in [0.2, 0.25) is 5.02 Å². The van der Waals surface area contributed by atoms with Gasteiger partial charge in [-0.3, -0.25) is 0 Å². The highest BCUT2D eigenvalue weighted by molar-refractivity contribution is 6.31.